The van der Waals surface area contributed by atoms with Gasteiger partial charge in [0.2, 0.25) is 5.91 Å². The zero-order valence-electron chi connectivity index (χ0n) is 16.6. The van der Waals surface area contributed by atoms with E-state index >= 15 is 0 Å². The SMILES string of the molecule is C=CCn1c(SCC(=O)Nc2cc(Cl)ccc2C)nnc1-c1csc(C(C)C)c1. The summed E-state index contributed by atoms with van der Waals surface area (Å²) in [5.74, 6) is 1.37. The number of hydrogen-bond acceptors (Lipinski definition) is 5. The van der Waals surface area contributed by atoms with Gasteiger partial charge in [-0.2, -0.15) is 0 Å². The van der Waals surface area contributed by atoms with Crippen molar-refractivity contribution in [3.8, 4) is 11.4 Å². The van der Waals surface area contributed by atoms with E-state index in [2.05, 4.69) is 47.4 Å². The number of carbonyl (C=O) groups is 1. The van der Waals surface area contributed by atoms with Crippen molar-refractivity contribution in [2.24, 2.45) is 0 Å². The number of nitrogens with one attached hydrogen (secondary N) is 1. The van der Waals surface area contributed by atoms with Crippen LogP contribution in [-0.2, 0) is 11.3 Å². The Morgan fingerprint density at radius 2 is 2.17 bits per heavy atom. The van der Waals surface area contributed by atoms with Gasteiger partial charge in [0.05, 0.1) is 5.75 Å². The van der Waals surface area contributed by atoms with Gasteiger partial charge < -0.3 is 5.32 Å². The zero-order chi connectivity index (χ0) is 21.0. The van der Waals surface area contributed by atoms with Crippen LogP contribution in [0.4, 0.5) is 5.69 Å². The molecule has 0 aliphatic rings. The van der Waals surface area contributed by atoms with Crippen LogP contribution in [-0.4, -0.2) is 26.4 Å². The number of amides is 1. The summed E-state index contributed by atoms with van der Waals surface area (Å²) in [7, 11) is 0. The molecule has 0 unspecified atom stereocenters. The lowest BCUT2D eigenvalue weighted by molar-refractivity contribution is -0.113. The summed E-state index contributed by atoms with van der Waals surface area (Å²) in [4.78, 5) is 13.7. The second kappa shape index (κ2) is 9.61. The fourth-order valence-corrected chi connectivity index (χ4v) is 4.54. The predicted octanol–water partition coefficient (Wildman–Crippen LogP) is 6.01. The third-order valence-corrected chi connectivity index (χ3v) is 6.72. The van der Waals surface area contributed by atoms with Crippen molar-refractivity contribution >= 4 is 46.3 Å². The minimum Gasteiger partial charge on any atom is -0.325 e. The number of aryl methyl sites for hydroxylation is 1. The van der Waals surface area contributed by atoms with Gasteiger partial charge in [-0.25, -0.2) is 0 Å². The van der Waals surface area contributed by atoms with Crippen molar-refractivity contribution in [1.82, 2.24) is 14.8 Å². The van der Waals surface area contributed by atoms with Gasteiger partial charge in [-0.3, -0.25) is 9.36 Å². The standard InChI is InChI=1S/C21H23ClN4OS2/c1-5-8-26-20(15-9-18(13(2)3)28-11-15)24-25-21(26)29-12-19(27)23-17-10-16(22)7-6-14(17)4/h5-7,9-11,13H,1,8,12H2,2-4H3,(H,23,27). The molecule has 0 radical (unpaired) electrons. The Bertz CT molecular complexity index is 1030. The van der Waals surface area contributed by atoms with Crippen LogP contribution >= 0.6 is 34.7 Å². The van der Waals surface area contributed by atoms with E-state index in [9.17, 15) is 4.79 Å². The number of aromatic nitrogens is 3. The minimum atomic E-state index is -0.118. The van der Waals surface area contributed by atoms with E-state index in [0.29, 0.717) is 22.6 Å². The molecule has 2 heterocycles. The summed E-state index contributed by atoms with van der Waals surface area (Å²) in [5, 5.41) is 15.0. The number of anilines is 1. The van der Waals surface area contributed by atoms with E-state index in [-0.39, 0.29) is 11.7 Å². The molecule has 1 aromatic carbocycles. The summed E-state index contributed by atoms with van der Waals surface area (Å²) in [5.41, 5.74) is 2.72. The van der Waals surface area contributed by atoms with Crippen LogP contribution in [0.3, 0.4) is 0 Å². The maximum Gasteiger partial charge on any atom is 0.234 e. The summed E-state index contributed by atoms with van der Waals surface area (Å²) >= 11 is 9.10. The average Bonchev–Trinajstić information content (AvgIpc) is 3.30. The van der Waals surface area contributed by atoms with E-state index in [0.717, 1.165) is 22.6 Å². The zero-order valence-corrected chi connectivity index (χ0v) is 19.0. The molecule has 0 spiro atoms. The molecule has 3 rings (SSSR count). The molecule has 2 aromatic heterocycles. The number of benzene rings is 1. The van der Waals surface area contributed by atoms with Crippen molar-refractivity contribution < 1.29 is 4.79 Å². The van der Waals surface area contributed by atoms with E-state index in [1.165, 1.54) is 16.6 Å². The normalized spacial score (nSPS) is 11.1. The lowest BCUT2D eigenvalue weighted by Crippen LogP contribution is -2.15. The number of thioether (sulfide) groups is 1. The topological polar surface area (TPSA) is 59.8 Å². The van der Waals surface area contributed by atoms with Gasteiger partial charge >= 0.3 is 0 Å². The molecule has 0 bridgehead atoms. The van der Waals surface area contributed by atoms with Gasteiger partial charge in [0.25, 0.3) is 0 Å². The van der Waals surface area contributed by atoms with Crippen molar-refractivity contribution in [2.45, 2.75) is 38.4 Å². The molecule has 0 atom stereocenters. The maximum atomic E-state index is 12.4. The van der Waals surface area contributed by atoms with Crippen LogP contribution < -0.4 is 5.32 Å². The van der Waals surface area contributed by atoms with E-state index in [4.69, 9.17) is 11.6 Å². The molecule has 152 valence electrons. The Kier molecular flexibility index (Phi) is 7.16. The Morgan fingerprint density at radius 3 is 2.86 bits per heavy atom. The molecule has 8 heteroatoms. The highest BCUT2D eigenvalue weighted by Gasteiger charge is 2.17. The maximum absolute atomic E-state index is 12.4. The number of halogens is 1. The van der Waals surface area contributed by atoms with Crippen LogP contribution in [0, 0.1) is 6.92 Å². The molecule has 3 aromatic rings. The highest BCUT2D eigenvalue weighted by atomic mass is 35.5. The first kappa shape index (κ1) is 21.6. The first-order chi connectivity index (χ1) is 13.9. The van der Waals surface area contributed by atoms with Gasteiger partial charge in [0, 0.05) is 33.1 Å². The van der Waals surface area contributed by atoms with Crippen LogP contribution in [0.1, 0.15) is 30.2 Å². The highest BCUT2D eigenvalue weighted by molar-refractivity contribution is 7.99. The predicted molar refractivity (Wildman–Crippen MR) is 123 cm³/mol. The van der Waals surface area contributed by atoms with Gasteiger partial charge in [0.1, 0.15) is 0 Å². The number of thiophene rings is 1. The quantitative estimate of drug-likeness (QED) is 0.340. The summed E-state index contributed by atoms with van der Waals surface area (Å²) in [6, 6.07) is 7.59. The molecule has 1 amide bonds. The number of rotatable bonds is 8. The molecule has 0 saturated carbocycles. The molecule has 0 aliphatic heterocycles. The Morgan fingerprint density at radius 1 is 1.38 bits per heavy atom. The summed E-state index contributed by atoms with van der Waals surface area (Å²) in [6.45, 7) is 10.7. The average molecular weight is 447 g/mol. The summed E-state index contributed by atoms with van der Waals surface area (Å²) < 4.78 is 1.99. The third kappa shape index (κ3) is 5.29. The first-order valence-electron chi connectivity index (χ1n) is 9.20. The number of hydrogen-bond donors (Lipinski definition) is 1. The van der Waals surface area contributed by atoms with Gasteiger partial charge in [-0.1, -0.05) is 49.4 Å². The number of allylic oxidation sites excluding steroid dienone is 1. The van der Waals surface area contributed by atoms with Gasteiger partial charge in [0.15, 0.2) is 11.0 Å². The van der Waals surface area contributed by atoms with E-state index in [1.807, 2.05) is 23.6 Å². The lowest BCUT2D eigenvalue weighted by Gasteiger charge is -2.09. The number of nitrogens with zero attached hydrogens (tertiary/aromatic N) is 3. The molecule has 1 N–H and O–H groups in total. The van der Waals surface area contributed by atoms with Crippen molar-refractivity contribution in [3.63, 3.8) is 0 Å². The van der Waals surface area contributed by atoms with Crippen LogP contribution in [0.2, 0.25) is 5.02 Å². The molecule has 0 fully saturated rings. The minimum absolute atomic E-state index is 0.118. The molecule has 5 nitrogen and oxygen atoms in total. The second-order valence-electron chi connectivity index (χ2n) is 6.89. The lowest BCUT2D eigenvalue weighted by atomic mass is 10.1. The third-order valence-electron chi connectivity index (χ3n) is 4.28. The Balaban J connectivity index is 1.73. The summed E-state index contributed by atoms with van der Waals surface area (Å²) in [6.07, 6.45) is 1.81. The van der Waals surface area contributed by atoms with Gasteiger partial charge in [-0.15, -0.1) is 28.1 Å². The smallest absolute Gasteiger partial charge is 0.234 e. The Hall–Kier alpha value is -2.09. The number of carbonyl (C=O) groups excluding carboxylic acids is 1. The molecular formula is C21H23ClN4OS2. The van der Waals surface area contributed by atoms with E-state index in [1.54, 1.807) is 23.5 Å². The highest BCUT2D eigenvalue weighted by Crippen LogP contribution is 2.31. The molecular weight excluding hydrogens is 424 g/mol. The van der Waals surface area contributed by atoms with Crippen LogP contribution in [0.25, 0.3) is 11.4 Å². The van der Waals surface area contributed by atoms with Crippen molar-refractivity contribution in [3.05, 3.63) is 57.8 Å². The van der Waals surface area contributed by atoms with Crippen molar-refractivity contribution in [1.29, 1.82) is 0 Å². The Labute approximate surface area is 184 Å². The second-order valence-corrected chi connectivity index (χ2v) is 9.22. The molecule has 0 saturated heterocycles. The molecule has 0 aliphatic carbocycles. The first-order valence-corrected chi connectivity index (χ1v) is 11.4. The molecule has 29 heavy (non-hydrogen) atoms. The van der Waals surface area contributed by atoms with Crippen molar-refractivity contribution in [2.75, 3.05) is 11.1 Å². The fraction of sp³-hybridized carbons (Fsp3) is 0.286. The van der Waals surface area contributed by atoms with Crippen LogP contribution in [0.5, 0.6) is 0 Å². The largest absolute Gasteiger partial charge is 0.325 e. The van der Waals surface area contributed by atoms with Crippen LogP contribution in [0.15, 0.2) is 47.5 Å². The van der Waals surface area contributed by atoms with E-state index < -0.39 is 0 Å². The van der Waals surface area contributed by atoms with Gasteiger partial charge in [-0.05, 0) is 36.6 Å². The monoisotopic (exact) mass is 446 g/mol. The fourth-order valence-electron chi connectivity index (χ4n) is 2.72.